The Hall–Kier alpha value is -1.98. The van der Waals surface area contributed by atoms with E-state index in [2.05, 4.69) is 5.32 Å². The summed E-state index contributed by atoms with van der Waals surface area (Å²) in [4.78, 5) is 13.9. The topological polar surface area (TPSA) is 46.5 Å². The van der Waals surface area contributed by atoms with Gasteiger partial charge in [-0.3, -0.25) is 0 Å². The molecular formula is C17H22ClN3O2. The maximum atomic E-state index is 12.2. The van der Waals surface area contributed by atoms with Gasteiger partial charge in [-0.25, -0.2) is 4.79 Å². The molecule has 1 aromatic carbocycles. The number of hydrogen-bond donors (Lipinski definition) is 1. The highest BCUT2D eigenvalue weighted by Gasteiger charge is 2.11. The number of urea groups is 1. The molecule has 5 nitrogen and oxygen atoms in total. The Morgan fingerprint density at radius 1 is 1.35 bits per heavy atom. The summed E-state index contributed by atoms with van der Waals surface area (Å²) in [5.74, 6) is 0. The van der Waals surface area contributed by atoms with Gasteiger partial charge in [-0.1, -0.05) is 23.7 Å². The Labute approximate surface area is 141 Å². The molecular weight excluding hydrogens is 314 g/mol. The number of benzene rings is 1. The molecule has 0 aliphatic carbocycles. The fourth-order valence-electron chi connectivity index (χ4n) is 2.16. The lowest BCUT2D eigenvalue weighted by Gasteiger charge is -2.18. The monoisotopic (exact) mass is 335 g/mol. The molecule has 0 saturated carbocycles. The number of amides is 2. The van der Waals surface area contributed by atoms with Crippen molar-refractivity contribution < 1.29 is 9.53 Å². The summed E-state index contributed by atoms with van der Waals surface area (Å²) < 4.78 is 7.26. The second-order valence-electron chi connectivity index (χ2n) is 5.38. The molecule has 2 amide bonds. The van der Waals surface area contributed by atoms with Crippen molar-refractivity contribution in [2.45, 2.75) is 20.1 Å². The highest BCUT2D eigenvalue weighted by molar-refractivity contribution is 6.30. The molecule has 0 atom stereocenters. The van der Waals surface area contributed by atoms with Crippen LogP contribution in [0.15, 0.2) is 36.5 Å². The smallest absolute Gasteiger partial charge is 0.321 e. The van der Waals surface area contributed by atoms with Crippen LogP contribution in [-0.4, -0.2) is 29.2 Å². The van der Waals surface area contributed by atoms with Crippen LogP contribution >= 0.6 is 11.6 Å². The van der Waals surface area contributed by atoms with Crippen molar-refractivity contribution in [1.82, 2.24) is 9.47 Å². The number of hydrogen-bond acceptors (Lipinski definition) is 2. The predicted octanol–water partition coefficient (Wildman–Crippen LogP) is 3.88. The van der Waals surface area contributed by atoms with Gasteiger partial charge in [0.1, 0.15) is 0 Å². The molecule has 0 bridgehead atoms. The molecule has 2 rings (SSSR count). The van der Waals surface area contributed by atoms with Crippen molar-refractivity contribution in [3.8, 4) is 0 Å². The van der Waals surface area contributed by atoms with Gasteiger partial charge in [-0.05, 0) is 30.7 Å². The number of anilines is 1. The second-order valence-corrected chi connectivity index (χ2v) is 5.82. The number of nitrogens with zero attached hydrogens (tertiary/aromatic N) is 2. The second kappa shape index (κ2) is 8.04. The predicted molar refractivity (Wildman–Crippen MR) is 92.7 cm³/mol. The Morgan fingerprint density at radius 2 is 2.04 bits per heavy atom. The molecule has 1 aromatic heterocycles. The molecule has 0 saturated heterocycles. The van der Waals surface area contributed by atoms with Crippen LogP contribution in [0.4, 0.5) is 10.5 Å². The van der Waals surface area contributed by atoms with Crippen molar-refractivity contribution in [3.63, 3.8) is 0 Å². The molecule has 0 aliphatic rings. The lowest BCUT2D eigenvalue weighted by molar-refractivity contribution is 0.134. The van der Waals surface area contributed by atoms with Gasteiger partial charge in [0.15, 0.2) is 0 Å². The molecule has 0 spiro atoms. The van der Waals surface area contributed by atoms with Gasteiger partial charge in [0, 0.05) is 38.3 Å². The summed E-state index contributed by atoms with van der Waals surface area (Å²) >= 11 is 5.96. The first-order valence-electron chi connectivity index (χ1n) is 7.49. The standard InChI is InChI=1S/C17H22ClN3O2/c1-4-23-12-13-5-7-15(8-6-13)19-17(22)21(3)11-16-9-14(18)10-20(16)2/h5-10H,4,11-12H2,1-3H3,(H,19,22). The zero-order valence-electron chi connectivity index (χ0n) is 13.7. The first kappa shape index (κ1) is 17.4. The molecule has 0 fully saturated rings. The van der Waals surface area contributed by atoms with E-state index in [9.17, 15) is 4.79 Å². The normalized spacial score (nSPS) is 10.6. The summed E-state index contributed by atoms with van der Waals surface area (Å²) in [5.41, 5.74) is 2.81. The van der Waals surface area contributed by atoms with Gasteiger partial charge in [0.25, 0.3) is 0 Å². The molecule has 0 unspecified atom stereocenters. The number of carbonyl (C=O) groups is 1. The van der Waals surface area contributed by atoms with Crippen LogP contribution in [0, 0.1) is 0 Å². The molecule has 0 aliphatic heterocycles. The van der Waals surface area contributed by atoms with Crippen LogP contribution < -0.4 is 5.32 Å². The lowest BCUT2D eigenvalue weighted by atomic mass is 10.2. The average Bonchev–Trinajstić information content (AvgIpc) is 2.84. The van der Waals surface area contributed by atoms with E-state index in [1.807, 2.05) is 55.1 Å². The van der Waals surface area contributed by atoms with E-state index >= 15 is 0 Å². The third-order valence-corrected chi connectivity index (χ3v) is 3.71. The Balaban J connectivity index is 1.91. The van der Waals surface area contributed by atoms with E-state index in [4.69, 9.17) is 16.3 Å². The number of carbonyl (C=O) groups excluding carboxylic acids is 1. The van der Waals surface area contributed by atoms with E-state index in [-0.39, 0.29) is 6.03 Å². The Kier molecular flexibility index (Phi) is 6.07. The fraction of sp³-hybridized carbons (Fsp3) is 0.353. The summed E-state index contributed by atoms with van der Waals surface area (Å²) in [7, 11) is 3.66. The number of ether oxygens (including phenoxy) is 1. The van der Waals surface area contributed by atoms with Crippen LogP contribution in [0.5, 0.6) is 0 Å². The highest BCUT2D eigenvalue weighted by Crippen LogP contribution is 2.15. The minimum absolute atomic E-state index is 0.167. The minimum atomic E-state index is -0.167. The van der Waals surface area contributed by atoms with Crippen molar-refractivity contribution in [3.05, 3.63) is 52.8 Å². The van der Waals surface area contributed by atoms with Gasteiger partial charge in [0.05, 0.1) is 18.2 Å². The van der Waals surface area contributed by atoms with Crippen molar-refractivity contribution in [1.29, 1.82) is 0 Å². The molecule has 23 heavy (non-hydrogen) atoms. The van der Waals surface area contributed by atoms with Crippen molar-refractivity contribution in [2.75, 3.05) is 19.0 Å². The molecule has 6 heteroatoms. The van der Waals surface area contributed by atoms with E-state index in [1.54, 1.807) is 11.9 Å². The summed E-state index contributed by atoms with van der Waals surface area (Å²) in [6, 6.07) is 9.33. The van der Waals surface area contributed by atoms with E-state index in [1.165, 1.54) is 0 Å². The van der Waals surface area contributed by atoms with Crippen LogP contribution in [0.3, 0.4) is 0 Å². The number of nitrogens with one attached hydrogen (secondary N) is 1. The minimum Gasteiger partial charge on any atom is -0.377 e. The van der Waals surface area contributed by atoms with Crippen LogP contribution in [0.2, 0.25) is 5.02 Å². The third-order valence-electron chi connectivity index (χ3n) is 3.50. The number of halogens is 1. The van der Waals surface area contributed by atoms with Crippen LogP contribution in [0.25, 0.3) is 0 Å². The Morgan fingerprint density at radius 3 is 2.61 bits per heavy atom. The van der Waals surface area contributed by atoms with Crippen LogP contribution in [0.1, 0.15) is 18.2 Å². The van der Waals surface area contributed by atoms with Gasteiger partial charge < -0.3 is 19.5 Å². The first-order chi connectivity index (χ1) is 11.0. The largest absolute Gasteiger partial charge is 0.377 e. The van der Waals surface area contributed by atoms with E-state index in [0.717, 1.165) is 16.9 Å². The highest BCUT2D eigenvalue weighted by atomic mass is 35.5. The Bertz CT molecular complexity index is 652. The van der Waals surface area contributed by atoms with Gasteiger partial charge >= 0.3 is 6.03 Å². The maximum absolute atomic E-state index is 12.2. The zero-order chi connectivity index (χ0) is 16.8. The van der Waals surface area contributed by atoms with Crippen molar-refractivity contribution >= 4 is 23.3 Å². The molecule has 0 radical (unpaired) electrons. The zero-order valence-corrected chi connectivity index (χ0v) is 14.4. The number of aryl methyl sites for hydroxylation is 1. The first-order valence-corrected chi connectivity index (χ1v) is 7.87. The molecule has 124 valence electrons. The summed E-state index contributed by atoms with van der Waals surface area (Å²) in [5, 5.41) is 3.54. The summed E-state index contributed by atoms with van der Waals surface area (Å²) in [6.07, 6.45) is 1.82. The van der Waals surface area contributed by atoms with Gasteiger partial charge in [0.2, 0.25) is 0 Å². The number of aromatic nitrogens is 1. The third kappa shape index (κ3) is 5.01. The van der Waals surface area contributed by atoms with E-state index < -0.39 is 0 Å². The SMILES string of the molecule is CCOCc1ccc(NC(=O)N(C)Cc2cc(Cl)cn2C)cc1. The van der Waals surface area contributed by atoms with E-state index in [0.29, 0.717) is 24.8 Å². The van der Waals surface area contributed by atoms with Gasteiger partial charge in [-0.15, -0.1) is 0 Å². The number of rotatable bonds is 6. The van der Waals surface area contributed by atoms with Crippen LogP contribution in [-0.2, 0) is 24.9 Å². The quantitative estimate of drug-likeness (QED) is 0.870. The molecule has 1 heterocycles. The molecule has 2 aromatic rings. The molecule has 1 N–H and O–H groups in total. The average molecular weight is 336 g/mol. The fourth-order valence-corrected chi connectivity index (χ4v) is 2.43. The van der Waals surface area contributed by atoms with Gasteiger partial charge in [-0.2, -0.15) is 0 Å². The van der Waals surface area contributed by atoms with Crippen molar-refractivity contribution in [2.24, 2.45) is 7.05 Å². The maximum Gasteiger partial charge on any atom is 0.321 e. The summed E-state index contributed by atoms with van der Waals surface area (Å²) in [6.45, 7) is 3.72. The lowest BCUT2D eigenvalue weighted by Crippen LogP contribution is -2.31.